The normalized spacial score (nSPS) is 11.8. The highest BCUT2D eigenvalue weighted by Gasteiger charge is 2.12. The summed E-state index contributed by atoms with van der Waals surface area (Å²) in [6.45, 7) is 1.28. The summed E-state index contributed by atoms with van der Waals surface area (Å²) in [5, 5.41) is 2.28. The van der Waals surface area contributed by atoms with E-state index in [1.165, 1.54) is 0 Å². The summed E-state index contributed by atoms with van der Waals surface area (Å²) in [7, 11) is 0.410. The Morgan fingerprint density at radius 1 is 1.29 bits per heavy atom. The number of ether oxygens (including phenoxy) is 1. The predicted molar refractivity (Wildman–Crippen MR) is 92.8 cm³/mol. The summed E-state index contributed by atoms with van der Waals surface area (Å²) in [6, 6.07) is 6.08. The van der Waals surface area contributed by atoms with E-state index in [-0.39, 0.29) is 0 Å². The predicted octanol–water partition coefficient (Wildman–Crippen LogP) is 3.20. The maximum absolute atomic E-state index is 5.83. The Kier molecular flexibility index (Phi) is 4.47. The molecule has 3 aromatic heterocycles. The third-order valence-corrected chi connectivity index (χ3v) is 4.75. The van der Waals surface area contributed by atoms with Gasteiger partial charge in [0.05, 0.1) is 30.8 Å². The quantitative estimate of drug-likeness (QED) is 0.395. The lowest BCUT2D eigenvalue weighted by Crippen LogP contribution is -2.11. The van der Waals surface area contributed by atoms with E-state index in [1.807, 2.05) is 24.5 Å². The van der Waals surface area contributed by atoms with Crippen LogP contribution < -0.4 is 0 Å². The van der Waals surface area contributed by atoms with Crippen LogP contribution in [0.3, 0.4) is 0 Å². The van der Waals surface area contributed by atoms with Gasteiger partial charge in [0.15, 0.2) is 0 Å². The Bertz CT molecular complexity index is 772. The minimum absolute atomic E-state index is 0.410. The number of aromatic nitrogens is 3. The maximum Gasteiger partial charge on any atom is 0.142 e. The van der Waals surface area contributed by atoms with E-state index >= 15 is 0 Å². The molecule has 0 amide bonds. The van der Waals surface area contributed by atoms with Gasteiger partial charge in [0.1, 0.15) is 22.7 Å². The molecule has 0 bridgehead atoms. The molecule has 0 atom stereocenters. The lowest BCUT2D eigenvalue weighted by molar-refractivity contribution is 0.0951. The fraction of sp³-hybridized carbons (Fsp3) is 0.333. The molecule has 0 saturated carbocycles. The van der Waals surface area contributed by atoms with Gasteiger partial charge in [-0.15, -0.1) is 0 Å². The molecule has 0 N–H and O–H groups in total. The van der Waals surface area contributed by atoms with E-state index < -0.39 is 0 Å². The van der Waals surface area contributed by atoms with Crippen molar-refractivity contribution in [2.24, 2.45) is 0 Å². The largest absolute Gasteiger partial charge is 0.356 e. The van der Waals surface area contributed by atoms with E-state index in [9.17, 15) is 0 Å². The molecule has 0 unspecified atom stereocenters. The van der Waals surface area contributed by atoms with Crippen molar-refractivity contribution in [3.05, 3.63) is 35.2 Å². The first-order valence-corrected chi connectivity index (χ1v) is 9.67. The lowest BCUT2D eigenvalue weighted by Gasteiger charge is -2.07. The van der Waals surface area contributed by atoms with Gasteiger partial charge in [-0.1, -0.05) is 0 Å². The molecule has 3 aromatic rings. The molecule has 110 valence electrons. The van der Waals surface area contributed by atoms with Crippen LogP contribution in [0.25, 0.3) is 21.9 Å². The summed E-state index contributed by atoms with van der Waals surface area (Å²) < 4.78 is 8.75. The Morgan fingerprint density at radius 2 is 2.14 bits per heavy atom. The van der Waals surface area contributed by atoms with Crippen LogP contribution in [-0.4, -0.2) is 39.4 Å². The van der Waals surface area contributed by atoms with Crippen molar-refractivity contribution in [1.82, 2.24) is 14.5 Å². The first-order valence-electron chi connectivity index (χ1n) is 6.67. The summed E-state index contributed by atoms with van der Waals surface area (Å²) in [5.74, 6) is 1.09. The Labute approximate surface area is 135 Å². The van der Waals surface area contributed by atoms with Crippen LogP contribution in [0.1, 0.15) is 0 Å². The zero-order valence-corrected chi connectivity index (χ0v) is 14.4. The second-order valence-electron chi connectivity index (χ2n) is 5.05. The number of halogens is 1. The van der Waals surface area contributed by atoms with Crippen LogP contribution in [0.5, 0.6) is 0 Å². The van der Waals surface area contributed by atoms with Gasteiger partial charge >= 0.3 is 0 Å². The molecule has 0 fully saturated rings. The van der Waals surface area contributed by atoms with Gasteiger partial charge < -0.3 is 4.74 Å². The minimum atomic E-state index is 0.410. The average Bonchev–Trinajstić information content (AvgIpc) is 2.77. The Hall–Kier alpha value is -1.11. The van der Waals surface area contributed by atoms with Crippen molar-refractivity contribution in [1.29, 1.82) is 0 Å². The van der Waals surface area contributed by atoms with Crippen molar-refractivity contribution in [3.8, 4) is 0 Å². The van der Waals surface area contributed by atoms with E-state index in [0.29, 0.717) is 17.6 Å². The number of nitrogens with zero attached hydrogens (tertiary/aromatic N) is 3. The zero-order valence-electron chi connectivity index (χ0n) is 12.0. The minimum Gasteiger partial charge on any atom is -0.356 e. The molecule has 0 aliphatic carbocycles. The molecular weight excluding hydrogens is 350 g/mol. The van der Waals surface area contributed by atoms with Crippen molar-refractivity contribution in [3.63, 3.8) is 0 Å². The molecule has 0 saturated heterocycles. The molecule has 6 heteroatoms. The Balaban J connectivity index is 1.99. The Morgan fingerprint density at radius 3 is 2.95 bits per heavy atom. The topological polar surface area (TPSA) is 39.9 Å². The molecule has 3 rings (SSSR count). The molecule has 0 aliphatic rings. The maximum atomic E-state index is 5.83. The second-order valence-corrected chi connectivity index (χ2v) is 8.25. The zero-order chi connectivity index (χ0) is 14.8. The van der Waals surface area contributed by atoms with Crippen molar-refractivity contribution >= 4 is 48.8 Å². The second kappa shape index (κ2) is 6.34. The fourth-order valence-electron chi connectivity index (χ4n) is 2.30. The summed E-state index contributed by atoms with van der Waals surface area (Å²) in [6.07, 6.45) is 8.14. The summed E-state index contributed by atoms with van der Waals surface area (Å²) in [5.41, 5.74) is 2.00. The van der Waals surface area contributed by atoms with Gasteiger partial charge in [-0.05, 0) is 45.0 Å². The van der Waals surface area contributed by atoms with Gasteiger partial charge in [0.2, 0.25) is 0 Å². The summed E-state index contributed by atoms with van der Waals surface area (Å²) >= 11 is 3.44. The third-order valence-electron chi connectivity index (χ3n) is 3.33. The van der Waals surface area contributed by atoms with E-state index in [1.54, 1.807) is 0 Å². The van der Waals surface area contributed by atoms with Crippen LogP contribution in [0, 0.1) is 0 Å². The van der Waals surface area contributed by atoms with Crippen molar-refractivity contribution in [2.45, 2.75) is 6.73 Å². The van der Waals surface area contributed by atoms with Crippen LogP contribution >= 0.6 is 15.9 Å². The highest BCUT2D eigenvalue weighted by Crippen LogP contribution is 2.28. The lowest BCUT2D eigenvalue weighted by atomic mass is 10.2. The van der Waals surface area contributed by atoms with Crippen LogP contribution in [-0.2, 0) is 22.4 Å². The van der Waals surface area contributed by atoms with Gasteiger partial charge in [-0.3, -0.25) is 4.57 Å². The highest BCUT2D eigenvalue weighted by atomic mass is 79.9. The number of hydrogen-bond acceptors (Lipinski definition) is 3. The van der Waals surface area contributed by atoms with E-state index in [4.69, 9.17) is 4.74 Å². The number of fused-ring (bicyclic) bond motifs is 3. The number of rotatable bonds is 5. The fourth-order valence-corrected chi connectivity index (χ4v) is 3.08. The smallest absolute Gasteiger partial charge is 0.142 e. The monoisotopic (exact) mass is 366 g/mol. The molecule has 21 heavy (non-hydrogen) atoms. The first kappa shape index (κ1) is 14.8. The molecular formula is C15H17BrN3OS+. The first-order chi connectivity index (χ1) is 10.2. The van der Waals surface area contributed by atoms with E-state index in [2.05, 4.69) is 49.0 Å². The molecule has 0 spiro atoms. The number of hydrogen-bond donors (Lipinski definition) is 0. The third kappa shape index (κ3) is 3.07. The molecule has 0 radical (unpaired) electrons. The molecule has 3 heterocycles. The van der Waals surface area contributed by atoms with E-state index in [0.717, 1.165) is 38.9 Å². The van der Waals surface area contributed by atoms with Crippen molar-refractivity contribution < 1.29 is 4.74 Å². The average molecular weight is 367 g/mol. The van der Waals surface area contributed by atoms with Crippen LogP contribution in [0.15, 0.2) is 35.2 Å². The van der Waals surface area contributed by atoms with Crippen LogP contribution in [0.2, 0.25) is 0 Å². The van der Waals surface area contributed by atoms with Crippen molar-refractivity contribution in [2.75, 3.05) is 24.9 Å². The van der Waals surface area contributed by atoms with Crippen LogP contribution in [0.4, 0.5) is 0 Å². The molecule has 0 aromatic carbocycles. The van der Waals surface area contributed by atoms with Gasteiger partial charge in [0, 0.05) is 17.0 Å². The standard InChI is InChI=1S/C15H17BrN3OS/c1-21(2)7-6-20-10-19-13-9-18-14(16)8-12(13)11-4-3-5-17-15(11)19/h3-5,8-9H,6-7,10H2,1-2H3/q+1. The van der Waals surface area contributed by atoms with Gasteiger partial charge in [-0.2, -0.15) is 0 Å². The number of pyridine rings is 2. The highest BCUT2D eigenvalue weighted by molar-refractivity contribution is 9.10. The van der Waals surface area contributed by atoms with Gasteiger partial charge in [0.25, 0.3) is 0 Å². The molecule has 0 aliphatic heterocycles. The summed E-state index contributed by atoms with van der Waals surface area (Å²) in [4.78, 5) is 8.84. The SMILES string of the molecule is C[S+](C)CCOCn1c2cnc(Br)cc2c2cccnc21. The molecule has 4 nitrogen and oxygen atoms in total. The van der Waals surface area contributed by atoms with Gasteiger partial charge in [-0.25, -0.2) is 9.97 Å².